The Morgan fingerprint density at radius 3 is 2.50 bits per heavy atom. The summed E-state index contributed by atoms with van der Waals surface area (Å²) in [6, 6.07) is 0.0370. The molecule has 0 bridgehead atoms. The van der Waals surface area contributed by atoms with Gasteiger partial charge in [0.15, 0.2) is 0 Å². The van der Waals surface area contributed by atoms with E-state index in [0.717, 1.165) is 26.1 Å². The summed E-state index contributed by atoms with van der Waals surface area (Å²) in [4.78, 5) is 15.1. The molecule has 1 atom stereocenters. The fourth-order valence-corrected chi connectivity index (χ4v) is 4.65. The summed E-state index contributed by atoms with van der Waals surface area (Å²) in [5.41, 5.74) is 0.588. The molecule has 0 aromatic rings. The van der Waals surface area contributed by atoms with Crippen molar-refractivity contribution in [2.24, 2.45) is 10.8 Å². The number of nitrogens with one attached hydrogen (secondary N) is 1. The molecule has 3 aliphatic rings. The molecule has 0 aromatic carbocycles. The lowest BCUT2D eigenvalue weighted by molar-refractivity contribution is -0.136. The fourth-order valence-electron chi connectivity index (χ4n) is 4.65. The molecule has 3 fully saturated rings. The first-order valence-electron chi connectivity index (χ1n) is 8.55. The van der Waals surface area contributed by atoms with Gasteiger partial charge in [-0.3, -0.25) is 4.79 Å². The van der Waals surface area contributed by atoms with Crippen molar-refractivity contribution < 1.29 is 4.79 Å². The second-order valence-electron chi connectivity index (χ2n) is 8.05. The van der Waals surface area contributed by atoms with Crippen LogP contribution in [0.25, 0.3) is 0 Å². The van der Waals surface area contributed by atoms with E-state index in [-0.39, 0.29) is 11.5 Å². The van der Waals surface area contributed by atoms with E-state index in [1.165, 1.54) is 44.9 Å². The number of carbonyl (C=O) groups is 1. The minimum absolute atomic E-state index is 0.0370. The molecule has 2 heterocycles. The standard InChI is InChI=1S/C17H30N2O/c1-16(2)7-6-11-18-14(16)15(20)19-12-10-17(13-19)8-4-3-5-9-17/h14,18H,3-13H2,1-2H3. The highest BCUT2D eigenvalue weighted by molar-refractivity contribution is 5.83. The van der Waals surface area contributed by atoms with Gasteiger partial charge in [0.2, 0.25) is 5.91 Å². The van der Waals surface area contributed by atoms with Crippen LogP contribution >= 0.6 is 0 Å². The third kappa shape index (κ3) is 2.61. The zero-order valence-electron chi connectivity index (χ0n) is 13.2. The Balaban J connectivity index is 1.66. The highest BCUT2D eigenvalue weighted by atomic mass is 16.2. The molecule has 1 amide bonds. The van der Waals surface area contributed by atoms with Crippen molar-refractivity contribution in [3.8, 4) is 0 Å². The Hall–Kier alpha value is -0.570. The number of carbonyl (C=O) groups excluding carboxylic acids is 1. The maximum Gasteiger partial charge on any atom is 0.240 e. The van der Waals surface area contributed by atoms with Crippen LogP contribution < -0.4 is 5.32 Å². The number of hydrogen-bond donors (Lipinski definition) is 1. The molecule has 2 saturated heterocycles. The number of amides is 1. The second kappa shape index (κ2) is 5.32. The molecule has 1 N–H and O–H groups in total. The fraction of sp³-hybridized carbons (Fsp3) is 0.941. The molecule has 2 aliphatic heterocycles. The summed E-state index contributed by atoms with van der Waals surface area (Å²) in [7, 11) is 0. The van der Waals surface area contributed by atoms with Gasteiger partial charge in [-0.2, -0.15) is 0 Å². The largest absolute Gasteiger partial charge is 0.341 e. The SMILES string of the molecule is CC1(C)CCCNC1C(=O)N1CCC2(CCCCC2)C1. The van der Waals surface area contributed by atoms with Crippen molar-refractivity contribution in [2.45, 2.75) is 71.3 Å². The first-order valence-corrected chi connectivity index (χ1v) is 8.55. The van der Waals surface area contributed by atoms with Crippen LogP contribution in [-0.4, -0.2) is 36.5 Å². The van der Waals surface area contributed by atoms with Crippen LogP contribution in [0.4, 0.5) is 0 Å². The van der Waals surface area contributed by atoms with Crippen LogP contribution in [0.3, 0.4) is 0 Å². The van der Waals surface area contributed by atoms with Crippen LogP contribution in [0.1, 0.15) is 65.2 Å². The van der Waals surface area contributed by atoms with Gasteiger partial charge in [-0.25, -0.2) is 0 Å². The van der Waals surface area contributed by atoms with Gasteiger partial charge < -0.3 is 10.2 Å². The maximum absolute atomic E-state index is 12.9. The van der Waals surface area contributed by atoms with Crippen molar-refractivity contribution in [1.82, 2.24) is 10.2 Å². The average Bonchev–Trinajstić information content (AvgIpc) is 2.82. The maximum atomic E-state index is 12.9. The van der Waals surface area contributed by atoms with E-state index in [0.29, 0.717) is 11.3 Å². The van der Waals surface area contributed by atoms with Gasteiger partial charge in [0.25, 0.3) is 0 Å². The van der Waals surface area contributed by atoms with Crippen LogP contribution in [-0.2, 0) is 4.79 Å². The Morgan fingerprint density at radius 1 is 1.05 bits per heavy atom. The zero-order chi connectivity index (χ0) is 14.2. The Kier molecular flexibility index (Phi) is 3.83. The molecule has 0 radical (unpaired) electrons. The summed E-state index contributed by atoms with van der Waals surface area (Å²) in [5.74, 6) is 0.372. The van der Waals surface area contributed by atoms with E-state index >= 15 is 0 Å². The molecular weight excluding hydrogens is 248 g/mol. The summed E-state index contributed by atoms with van der Waals surface area (Å²) < 4.78 is 0. The number of likely N-dealkylation sites (tertiary alicyclic amines) is 1. The van der Waals surface area contributed by atoms with E-state index < -0.39 is 0 Å². The number of nitrogens with zero attached hydrogens (tertiary/aromatic N) is 1. The van der Waals surface area contributed by atoms with Crippen LogP contribution in [0.2, 0.25) is 0 Å². The smallest absolute Gasteiger partial charge is 0.240 e. The van der Waals surface area contributed by atoms with Gasteiger partial charge >= 0.3 is 0 Å². The van der Waals surface area contributed by atoms with Gasteiger partial charge in [0.05, 0.1) is 6.04 Å². The lowest BCUT2D eigenvalue weighted by Crippen LogP contribution is -2.56. The van der Waals surface area contributed by atoms with Gasteiger partial charge in [-0.1, -0.05) is 33.1 Å². The molecule has 1 aliphatic carbocycles. The lowest BCUT2D eigenvalue weighted by atomic mass is 9.73. The quantitative estimate of drug-likeness (QED) is 0.800. The highest BCUT2D eigenvalue weighted by Gasteiger charge is 2.45. The highest BCUT2D eigenvalue weighted by Crippen LogP contribution is 2.44. The molecule has 3 nitrogen and oxygen atoms in total. The predicted octanol–water partition coefficient (Wildman–Crippen LogP) is 2.95. The molecule has 3 rings (SSSR count). The van der Waals surface area contributed by atoms with E-state index in [1.54, 1.807) is 0 Å². The van der Waals surface area contributed by atoms with Gasteiger partial charge in [-0.15, -0.1) is 0 Å². The van der Waals surface area contributed by atoms with Crippen molar-refractivity contribution in [3.05, 3.63) is 0 Å². The Morgan fingerprint density at radius 2 is 1.80 bits per heavy atom. The molecular formula is C17H30N2O. The van der Waals surface area contributed by atoms with Gasteiger partial charge in [0, 0.05) is 13.1 Å². The summed E-state index contributed by atoms with van der Waals surface area (Å²) in [5, 5.41) is 3.49. The summed E-state index contributed by atoms with van der Waals surface area (Å²) in [6.45, 7) is 7.51. The number of piperidine rings is 1. The minimum Gasteiger partial charge on any atom is -0.341 e. The molecule has 1 unspecified atom stereocenters. The topological polar surface area (TPSA) is 32.3 Å². The molecule has 3 heteroatoms. The van der Waals surface area contributed by atoms with Crippen molar-refractivity contribution in [2.75, 3.05) is 19.6 Å². The van der Waals surface area contributed by atoms with Crippen molar-refractivity contribution >= 4 is 5.91 Å². The van der Waals surface area contributed by atoms with Crippen LogP contribution in [0.5, 0.6) is 0 Å². The number of rotatable bonds is 1. The Bertz CT molecular complexity index is 371. The Labute approximate surface area is 123 Å². The molecule has 0 aromatic heterocycles. The average molecular weight is 278 g/mol. The zero-order valence-corrected chi connectivity index (χ0v) is 13.2. The van der Waals surface area contributed by atoms with E-state index in [1.807, 2.05) is 0 Å². The van der Waals surface area contributed by atoms with Crippen molar-refractivity contribution in [3.63, 3.8) is 0 Å². The molecule has 1 spiro atoms. The first kappa shape index (κ1) is 14.4. The second-order valence-corrected chi connectivity index (χ2v) is 8.05. The van der Waals surface area contributed by atoms with E-state index in [2.05, 4.69) is 24.1 Å². The molecule has 114 valence electrons. The minimum atomic E-state index is 0.0370. The van der Waals surface area contributed by atoms with Crippen LogP contribution in [0.15, 0.2) is 0 Å². The first-order chi connectivity index (χ1) is 9.53. The van der Waals surface area contributed by atoms with Gasteiger partial charge in [-0.05, 0) is 49.5 Å². The third-order valence-electron chi connectivity index (χ3n) is 6.04. The van der Waals surface area contributed by atoms with Crippen LogP contribution in [0, 0.1) is 10.8 Å². The molecule has 20 heavy (non-hydrogen) atoms. The summed E-state index contributed by atoms with van der Waals surface area (Å²) >= 11 is 0. The van der Waals surface area contributed by atoms with E-state index in [9.17, 15) is 4.79 Å². The van der Waals surface area contributed by atoms with E-state index in [4.69, 9.17) is 0 Å². The third-order valence-corrected chi connectivity index (χ3v) is 6.04. The molecule has 1 saturated carbocycles. The monoisotopic (exact) mass is 278 g/mol. The lowest BCUT2D eigenvalue weighted by Gasteiger charge is -2.40. The number of hydrogen-bond acceptors (Lipinski definition) is 2. The normalized spacial score (nSPS) is 32.5. The predicted molar refractivity (Wildman–Crippen MR) is 81.5 cm³/mol. The van der Waals surface area contributed by atoms with Crippen molar-refractivity contribution in [1.29, 1.82) is 0 Å². The van der Waals surface area contributed by atoms with Gasteiger partial charge in [0.1, 0.15) is 0 Å². The summed E-state index contributed by atoms with van der Waals surface area (Å²) in [6.07, 6.45) is 10.4.